The first-order valence-corrected chi connectivity index (χ1v) is 7.74. The number of nitrogens with two attached hydrogens (primary N) is 1. The normalized spacial score (nSPS) is 36.6. The molecule has 3 rings (SSSR count). The fourth-order valence-electron chi connectivity index (χ4n) is 3.92. The van der Waals surface area contributed by atoms with Crippen molar-refractivity contribution in [2.75, 3.05) is 20.2 Å². The van der Waals surface area contributed by atoms with Crippen molar-refractivity contribution in [1.29, 1.82) is 0 Å². The number of ether oxygens (including phenoxy) is 1. The van der Waals surface area contributed by atoms with Crippen LogP contribution in [0.15, 0.2) is 0 Å². The average Bonchev–Trinajstić information content (AvgIpc) is 3.09. The van der Waals surface area contributed by atoms with Crippen molar-refractivity contribution in [2.45, 2.75) is 50.8 Å². The molecule has 0 aromatic carbocycles. The van der Waals surface area contributed by atoms with Crippen LogP contribution in [0.3, 0.4) is 0 Å². The second-order valence-electron chi connectivity index (χ2n) is 7.28. The van der Waals surface area contributed by atoms with Crippen molar-refractivity contribution in [3.63, 3.8) is 0 Å². The van der Waals surface area contributed by atoms with Crippen LogP contribution in [0, 0.1) is 11.3 Å². The summed E-state index contributed by atoms with van der Waals surface area (Å²) in [5.74, 6) is -0.188. The Kier molecular flexibility index (Phi) is 3.29. The fraction of sp³-hybridized carbons (Fsp3) is 0.867. The van der Waals surface area contributed by atoms with E-state index in [1.165, 1.54) is 4.90 Å². The molecule has 3 aliphatic rings. The number of nitrogens with zero attached hydrogens (tertiary/aromatic N) is 1. The Morgan fingerprint density at radius 2 is 2.00 bits per heavy atom. The maximum absolute atomic E-state index is 12.8. The molecule has 0 radical (unpaired) electrons. The molecule has 1 heterocycles. The van der Waals surface area contributed by atoms with E-state index in [9.17, 15) is 9.59 Å². The molecule has 2 saturated carbocycles. The van der Waals surface area contributed by atoms with Gasteiger partial charge in [0.05, 0.1) is 12.6 Å². The number of carbonyl (C=O) groups is 2. The summed E-state index contributed by atoms with van der Waals surface area (Å²) >= 11 is 0. The first-order valence-electron chi connectivity index (χ1n) is 7.74. The van der Waals surface area contributed by atoms with E-state index in [-0.39, 0.29) is 30.4 Å². The van der Waals surface area contributed by atoms with E-state index in [1.807, 2.05) is 13.8 Å². The van der Waals surface area contributed by atoms with Crippen molar-refractivity contribution in [3.05, 3.63) is 0 Å². The summed E-state index contributed by atoms with van der Waals surface area (Å²) in [6.07, 6.45) is 2.95. The molecule has 21 heavy (non-hydrogen) atoms. The zero-order chi connectivity index (χ0) is 15.4. The Bertz CT molecular complexity index is 475. The van der Waals surface area contributed by atoms with Crippen molar-refractivity contribution in [3.8, 4) is 0 Å². The van der Waals surface area contributed by atoms with Crippen LogP contribution in [0.4, 0.5) is 0 Å². The highest BCUT2D eigenvalue weighted by Crippen LogP contribution is 2.58. The van der Waals surface area contributed by atoms with Gasteiger partial charge in [-0.1, -0.05) is 13.8 Å². The van der Waals surface area contributed by atoms with Crippen LogP contribution in [0.25, 0.3) is 0 Å². The average molecular weight is 295 g/mol. The molecule has 1 saturated heterocycles. The lowest BCUT2D eigenvalue weighted by Gasteiger charge is -2.61. The number of likely N-dealkylation sites (N-methyl/N-ethyl adjacent to an activating group) is 1. The molecule has 0 aromatic heterocycles. The number of hydrogen-bond donors (Lipinski definition) is 2. The first-order chi connectivity index (χ1) is 9.78. The molecular weight excluding hydrogens is 270 g/mol. The van der Waals surface area contributed by atoms with Crippen molar-refractivity contribution in [2.24, 2.45) is 17.1 Å². The zero-order valence-electron chi connectivity index (χ0n) is 13.0. The lowest BCUT2D eigenvalue weighted by molar-refractivity contribution is -0.183. The zero-order valence-corrected chi connectivity index (χ0v) is 13.0. The van der Waals surface area contributed by atoms with Crippen LogP contribution in [0.2, 0.25) is 0 Å². The fourth-order valence-corrected chi connectivity index (χ4v) is 3.92. The monoisotopic (exact) mass is 295 g/mol. The number of carbonyl (C=O) groups excluding carboxylic acids is 2. The Morgan fingerprint density at radius 3 is 2.62 bits per heavy atom. The second kappa shape index (κ2) is 4.68. The molecular formula is C15H25N3O3. The number of hydrogen-bond acceptors (Lipinski definition) is 4. The standard InChI is InChI=1S/C15H25N3O3/c1-14(2)12-10(6-7-21-12)15(14,16)13(20)18(3)8-11(19)17-9-4-5-9/h9-10,12H,4-8,16H2,1-3H3,(H,17,19). The van der Waals surface area contributed by atoms with Gasteiger partial charge in [-0.15, -0.1) is 0 Å². The Morgan fingerprint density at radius 1 is 1.33 bits per heavy atom. The third-order valence-electron chi connectivity index (χ3n) is 5.48. The van der Waals surface area contributed by atoms with Crippen LogP contribution in [0.1, 0.15) is 33.1 Å². The Balaban J connectivity index is 1.67. The molecule has 118 valence electrons. The third kappa shape index (κ3) is 2.07. The van der Waals surface area contributed by atoms with Crippen LogP contribution in [-0.4, -0.2) is 54.6 Å². The molecule has 3 unspecified atom stereocenters. The quantitative estimate of drug-likeness (QED) is 0.756. The largest absolute Gasteiger partial charge is 0.377 e. The van der Waals surface area contributed by atoms with Crippen molar-refractivity contribution >= 4 is 11.8 Å². The van der Waals surface area contributed by atoms with Gasteiger partial charge in [0, 0.05) is 31.0 Å². The van der Waals surface area contributed by atoms with E-state index in [0.29, 0.717) is 12.6 Å². The molecule has 6 heteroatoms. The van der Waals surface area contributed by atoms with Crippen LogP contribution >= 0.6 is 0 Å². The highest BCUT2D eigenvalue weighted by Gasteiger charge is 2.71. The lowest BCUT2D eigenvalue weighted by Crippen LogP contribution is -2.80. The molecule has 0 bridgehead atoms. The van der Waals surface area contributed by atoms with Gasteiger partial charge >= 0.3 is 0 Å². The van der Waals surface area contributed by atoms with Crippen molar-refractivity contribution < 1.29 is 14.3 Å². The molecule has 0 spiro atoms. The SMILES string of the molecule is CN(CC(=O)NC1CC1)C(=O)C1(N)C2CCOC2C1(C)C. The van der Waals surface area contributed by atoms with Crippen LogP contribution in [-0.2, 0) is 14.3 Å². The predicted molar refractivity (Wildman–Crippen MR) is 77.3 cm³/mol. The van der Waals surface area contributed by atoms with Gasteiger partial charge in [-0.3, -0.25) is 9.59 Å². The molecule has 2 aliphatic carbocycles. The maximum atomic E-state index is 12.8. The molecule has 3 atom stereocenters. The topological polar surface area (TPSA) is 84.7 Å². The smallest absolute Gasteiger partial charge is 0.243 e. The summed E-state index contributed by atoms with van der Waals surface area (Å²) in [5.41, 5.74) is 5.17. The number of nitrogens with one attached hydrogen (secondary N) is 1. The molecule has 6 nitrogen and oxygen atoms in total. The van der Waals surface area contributed by atoms with E-state index in [4.69, 9.17) is 10.5 Å². The van der Waals surface area contributed by atoms with Gasteiger partial charge in [-0.2, -0.15) is 0 Å². The maximum Gasteiger partial charge on any atom is 0.243 e. The molecule has 0 aromatic rings. The van der Waals surface area contributed by atoms with E-state index in [0.717, 1.165) is 19.3 Å². The van der Waals surface area contributed by atoms with Gasteiger partial charge in [0.2, 0.25) is 11.8 Å². The predicted octanol–water partition coefficient (Wildman–Crippen LogP) is -0.134. The third-order valence-corrected chi connectivity index (χ3v) is 5.48. The Hall–Kier alpha value is -1.14. The molecule has 2 amide bonds. The van der Waals surface area contributed by atoms with E-state index in [2.05, 4.69) is 5.32 Å². The van der Waals surface area contributed by atoms with Gasteiger partial charge < -0.3 is 20.7 Å². The summed E-state index contributed by atoms with van der Waals surface area (Å²) in [5, 5.41) is 2.90. The van der Waals surface area contributed by atoms with Gasteiger partial charge in [-0.25, -0.2) is 0 Å². The number of amides is 2. The summed E-state index contributed by atoms with van der Waals surface area (Å²) in [7, 11) is 1.66. The molecule has 1 aliphatic heterocycles. The first kappa shape index (κ1) is 14.8. The summed E-state index contributed by atoms with van der Waals surface area (Å²) in [6, 6.07) is 0.306. The minimum atomic E-state index is -0.928. The number of fused-ring (bicyclic) bond motifs is 1. The van der Waals surface area contributed by atoms with Gasteiger partial charge in [0.1, 0.15) is 5.54 Å². The summed E-state index contributed by atoms with van der Waals surface area (Å²) in [4.78, 5) is 26.1. The van der Waals surface area contributed by atoms with Crippen LogP contribution < -0.4 is 11.1 Å². The van der Waals surface area contributed by atoms with E-state index >= 15 is 0 Å². The van der Waals surface area contributed by atoms with E-state index in [1.54, 1.807) is 7.05 Å². The molecule has 3 N–H and O–H groups in total. The summed E-state index contributed by atoms with van der Waals surface area (Å²) in [6.45, 7) is 4.70. The summed E-state index contributed by atoms with van der Waals surface area (Å²) < 4.78 is 5.70. The highest BCUT2D eigenvalue weighted by molar-refractivity contribution is 5.92. The minimum Gasteiger partial charge on any atom is -0.377 e. The minimum absolute atomic E-state index is 0.0557. The molecule has 3 fully saturated rings. The van der Waals surface area contributed by atoms with Crippen LogP contribution in [0.5, 0.6) is 0 Å². The lowest BCUT2D eigenvalue weighted by atomic mass is 9.47. The van der Waals surface area contributed by atoms with Gasteiger partial charge in [0.15, 0.2) is 0 Å². The van der Waals surface area contributed by atoms with Gasteiger partial charge in [0.25, 0.3) is 0 Å². The highest BCUT2D eigenvalue weighted by atomic mass is 16.5. The Labute approximate surface area is 125 Å². The van der Waals surface area contributed by atoms with Crippen molar-refractivity contribution in [1.82, 2.24) is 10.2 Å². The van der Waals surface area contributed by atoms with E-state index < -0.39 is 11.0 Å². The second-order valence-corrected chi connectivity index (χ2v) is 7.28. The number of rotatable bonds is 4. The van der Waals surface area contributed by atoms with Gasteiger partial charge in [-0.05, 0) is 19.3 Å².